The van der Waals surface area contributed by atoms with Crippen molar-refractivity contribution in [1.29, 1.82) is 0 Å². The number of nitrogens with zero attached hydrogens (tertiary/aromatic N) is 1. The molecule has 0 amide bonds. The molecule has 0 fully saturated rings. The molecule has 0 aliphatic rings. The van der Waals surface area contributed by atoms with E-state index in [-0.39, 0.29) is 11.5 Å². The second-order valence-electron chi connectivity index (χ2n) is 4.01. The van der Waals surface area contributed by atoms with Crippen LogP contribution in [0.4, 0.5) is 15.8 Å². The van der Waals surface area contributed by atoms with Gasteiger partial charge in [-0.25, -0.2) is 4.39 Å². The van der Waals surface area contributed by atoms with Crippen LogP contribution in [0, 0.1) is 19.5 Å². The Hall–Kier alpha value is -1.22. The molecular formula is C13H9BrFIN2O2. The maximum Gasteiger partial charge on any atom is 0.282 e. The van der Waals surface area contributed by atoms with Gasteiger partial charge in [-0.3, -0.25) is 10.1 Å². The van der Waals surface area contributed by atoms with Crippen LogP contribution in [0.15, 0.2) is 40.9 Å². The molecule has 0 saturated carbocycles. The van der Waals surface area contributed by atoms with Crippen LogP contribution in [0.25, 0.3) is 0 Å². The first-order valence-corrected chi connectivity index (χ1v) is 7.46. The highest BCUT2D eigenvalue weighted by Crippen LogP contribution is 2.25. The number of nitrogens with one attached hydrogen (secondary N) is 1. The molecule has 2 aromatic rings. The summed E-state index contributed by atoms with van der Waals surface area (Å²) in [5.41, 5.74) is 1.60. The monoisotopic (exact) mass is 450 g/mol. The van der Waals surface area contributed by atoms with Gasteiger partial charge in [-0.15, -0.1) is 0 Å². The third kappa shape index (κ3) is 3.66. The Morgan fingerprint density at radius 1 is 1.30 bits per heavy atom. The van der Waals surface area contributed by atoms with E-state index in [9.17, 15) is 14.5 Å². The average Bonchev–Trinajstić information content (AvgIpc) is 2.39. The van der Waals surface area contributed by atoms with Gasteiger partial charge in [-0.05, 0) is 58.5 Å². The Balaban J connectivity index is 2.13. The van der Waals surface area contributed by atoms with Crippen LogP contribution in [-0.4, -0.2) is 4.92 Å². The lowest BCUT2D eigenvalue weighted by molar-refractivity contribution is -0.385. The van der Waals surface area contributed by atoms with E-state index in [1.54, 1.807) is 18.2 Å². The first-order chi connectivity index (χ1) is 9.47. The topological polar surface area (TPSA) is 55.2 Å². The number of nitro groups is 1. The molecule has 0 atom stereocenters. The number of nitro benzene ring substituents is 1. The molecule has 0 bridgehead atoms. The fourth-order valence-electron chi connectivity index (χ4n) is 1.64. The van der Waals surface area contributed by atoms with Gasteiger partial charge in [-0.1, -0.05) is 15.9 Å². The van der Waals surface area contributed by atoms with E-state index in [0.717, 1.165) is 15.7 Å². The molecule has 2 rings (SSSR count). The molecule has 104 valence electrons. The molecule has 20 heavy (non-hydrogen) atoms. The zero-order chi connectivity index (χ0) is 14.7. The molecule has 0 aliphatic carbocycles. The highest BCUT2D eigenvalue weighted by Gasteiger charge is 2.11. The normalized spacial score (nSPS) is 10.3. The van der Waals surface area contributed by atoms with Crippen molar-refractivity contribution in [3.63, 3.8) is 0 Å². The number of hydrogen-bond acceptors (Lipinski definition) is 3. The van der Waals surface area contributed by atoms with E-state index in [2.05, 4.69) is 21.2 Å². The molecule has 7 heteroatoms. The van der Waals surface area contributed by atoms with Crippen molar-refractivity contribution in [2.75, 3.05) is 5.32 Å². The molecule has 4 nitrogen and oxygen atoms in total. The fourth-order valence-corrected chi connectivity index (χ4v) is 2.74. The van der Waals surface area contributed by atoms with Gasteiger partial charge in [0, 0.05) is 22.8 Å². The number of halogens is 3. The number of anilines is 1. The minimum Gasteiger partial charge on any atom is -0.381 e. The highest BCUT2D eigenvalue weighted by atomic mass is 127. The second-order valence-corrected chi connectivity index (χ2v) is 6.03. The molecule has 0 unspecified atom stereocenters. The smallest absolute Gasteiger partial charge is 0.282 e. The van der Waals surface area contributed by atoms with E-state index in [4.69, 9.17) is 0 Å². The Bertz CT molecular complexity index is 667. The minimum atomic E-state index is -0.422. The third-order valence-electron chi connectivity index (χ3n) is 2.64. The van der Waals surface area contributed by atoms with E-state index >= 15 is 0 Å². The number of rotatable bonds is 4. The first kappa shape index (κ1) is 15.2. The predicted molar refractivity (Wildman–Crippen MR) is 87.2 cm³/mol. The van der Waals surface area contributed by atoms with Crippen molar-refractivity contribution in [1.82, 2.24) is 0 Å². The minimum absolute atomic E-state index is 0.0723. The molecule has 2 aromatic carbocycles. The van der Waals surface area contributed by atoms with Crippen LogP contribution >= 0.6 is 38.5 Å². The van der Waals surface area contributed by atoms with Gasteiger partial charge < -0.3 is 5.32 Å². The summed E-state index contributed by atoms with van der Waals surface area (Å²) in [5.74, 6) is -0.303. The van der Waals surface area contributed by atoms with E-state index < -0.39 is 4.92 Å². The van der Waals surface area contributed by atoms with Crippen LogP contribution in [0.3, 0.4) is 0 Å². The van der Waals surface area contributed by atoms with Gasteiger partial charge in [0.1, 0.15) is 5.82 Å². The van der Waals surface area contributed by atoms with E-state index in [1.165, 1.54) is 18.2 Å². The van der Waals surface area contributed by atoms with Gasteiger partial charge >= 0.3 is 0 Å². The summed E-state index contributed by atoms with van der Waals surface area (Å²) in [6, 6.07) is 9.23. The lowest BCUT2D eigenvalue weighted by Crippen LogP contribution is -2.01. The maximum atomic E-state index is 13.2. The lowest BCUT2D eigenvalue weighted by Gasteiger charge is -2.09. The average molecular weight is 451 g/mol. The highest BCUT2D eigenvalue weighted by molar-refractivity contribution is 14.1. The van der Waals surface area contributed by atoms with Crippen LogP contribution in [0.5, 0.6) is 0 Å². The maximum absolute atomic E-state index is 13.2. The SMILES string of the molecule is O=[N+]([O-])c1ccc(NCc2cc(F)ccc2Br)cc1I. The van der Waals surface area contributed by atoms with Crippen LogP contribution in [0.1, 0.15) is 5.56 Å². The first-order valence-electron chi connectivity index (χ1n) is 5.59. The zero-order valence-corrected chi connectivity index (χ0v) is 13.8. The summed E-state index contributed by atoms with van der Waals surface area (Å²) in [4.78, 5) is 10.3. The molecule has 0 aliphatic heterocycles. The Morgan fingerprint density at radius 3 is 2.70 bits per heavy atom. The van der Waals surface area contributed by atoms with Crippen molar-refractivity contribution in [3.05, 3.63) is 65.9 Å². The molecule has 0 aromatic heterocycles. The summed E-state index contributed by atoms with van der Waals surface area (Å²) < 4.78 is 14.5. The molecule has 0 spiro atoms. The lowest BCUT2D eigenvalue weighted by atomic mass is 10.2. The number of hydrogen-bond donors (Lipinski definition) is 1. The predicted octanol–water partition coefficient (Wildman–Crippen LogP) is 4.71. The Labute approximate surface area is 136 Å². The summed E-state index contributed by atoms with van der Waals surface area (Å²) in [7, 11) is 0. The third-order valence-corrected chi connectivity index (χ3v) is 4.27. The van der Waals surface area contributed by atoms with Gasteiger partial charge in [0.05, 0.1) is 8.49 Å². The largest absolute Gasteiger partial charge is 0.381 e. The molecule has 1 N–H and O–H groups in total. The van der Waals surface area contributed by atoms with Gasteiger partial charge in [0.2, 0.25) is 0 Å². The quantitative estimate of drug-likeness (QED) is 0.417. The summed E-state index contributed by atoms with van der Waals surface area (Å²) in [6.07, 6.45) is 0. The van der Waals surface area contributed by atoms with E-state index in [0.29, 0.717) is 10.1 Å². The van der Waals surface area contributed by atoms with Crippen molar-refractivity contribution in [2.24, 2.45) is 0 Å². The zero-order valence-electron chi connectivity index (χ0n) is 10.1. The van der Waals surface area contributed by atoms with Crippen molar-refractivity contribution in [2.45, 2.75) is 6.54 Å². The Morgan fingerprint density at radius 2 is 2.05 bits per heavy atom. The number of benzene rings is 2. The molecule has 0 heterocycles. The second kappa shape index (κ2) is 6.49. The summed E-state index contributed by atoms with van der Waals surface area (Å²) in [6.45, 7) is 0.423. The van der Waals surface area contributed by atoms with Gasteiger partial charge in [-0.2, -0.15) is 0 Å². The molecular weight excluding hydrogens is 442 g/mol. The summed E-state index contributed by atoms with van der Waals surface area (Å²) >= 11 is 5.27. The molecule has 0 saturated heterocycles. The van der Waals surface area contributed by atoms with E-state index in [1.807, 2.05) is 22.6 Å². The van der Waals surface area contributed by atoms with Crippen LogP contribution in [0.2, 0.25) is 0 Å². The standard InChI is InChI=1S/C13H9BrFIN2O2/c14-11-3-1-9(15)5-8(11)7-17-10-2-4-13(18(19)20)12(16)6-10/h1-6,17H,7H2. The van der Waals surface area contributed by atoms with Gasteiger partial charge in [0.15, 0.2) is 0 Å². The fraction of sp³-hybridized carbons (Fsp3) is 0.0769. The van der Waals surface area contributed by atoms with Crippen molar-refractivity contribution < 1.29 is 9.31 Å². The van der Waals surface area contributed by atoms with Crippen LogP contribution < -0.4 is 5.32 Å². The van der Waals surface area contributed by atoms with Crippen molar-refractivity contribution in [3.8, 4) is 0 Å². The van der Waals surface area contributed by atoms with Gasteiger partial charge in [0.25, 0.3) is 5.69 Å². The Kier molecular flexibility index (Phi) is 4.92. The summed E-state index contributed by atoms with van der Waals surface area (Å²) in [5, 5.41) is 13.8. The van der Waals surface area contributed by atoms with Crippen molar-refractivity contribution >= 4 is 49.9 Å². The van der Waals surface area contributed by atoms with Crippen LogP contribution in [-0.2, 0) is 6.54 Å². The molecule has 0 radical (unpaired) electrons.